The summed E-state index contributed by atoms with van der Waals surface area (Å²) >= 11 is 0. The summed E-state index contributed by atoms with van der Waals surface area (Å²) in [6, 6.07) is 11.5. The first-order valence-electron chi connectivity index (χ1n) is 14.4. The molecule has 3 saturated heterocycles. The molecule has 3 heterocycles. The van der Waals surface area contributed by atoms with Crippen molar-refractivity contribution < 1.29 is 29.1 Å². The molecule has 2 bridgehead atoms. The fourth-order valence-electron chi connectivity index (χ4n) is 6.80. The van der Waals surface area contributed by atoms with Crippen LogP contribution in [-0.4, -0.2) is 93.9 Å². The highest BCUT2D eigenvalue weighted by Gasteiger charge is 2.56. The van der Waals surface area contributed by atoms with Gasteiger partial charge in [-0.25, -0.2) is 4.79 Å². The SMILES string of the molecule is C[C@H]1CN(C(C)(C)CC(C#N)C(=O)N2C3CCC2(COC(=O)N[C@@H](Cc2ccccc2)B(O)O)CC3)C[C@H](C)O1. The third-order valence-corrected chi connectivity index (χ3v) is 8.87. The molecule has 218 valence electrons. The minimum atomic E-state index is -1.76. The Kier molecular flexibility index (Phi) is 9.45. The molecule has 11 heteroatoms. The Labute approximate surface area is 237 Å². The van der Waals surface area contributed by atoms with Gasteiger partial charge in [-0.3, -0.25) is 9.69 Å². The summed E-state index contributed by atoms with van der Waals surface area (Å²) in [7, 11) is -1.76. The van der Waals surface area contributed by atoms with E-state index < -0.39 is 30.6 Å². The van der Waals surface area contributed by atoms with E-state index in [9.17, 15) is 24.9 Å². The van der Waals surface area contributed by atoms with Gasteiger partial charge in [0, 0.05) is 24.7 Å². The molecule has 4 atom stereocenters. The van der Waals surface area contributed by atoms with Crippen molar-refractivity contribution >= 4 is 19.1 Å². The van der Waals surface area contributed by atoms with Gasteiger partial charge in [-0.2, -0.15) is 5.26 Å². The van der Waals surface area contributed by atoms with Crippen molar-refractivity contribution in [1.82, 2.24) is 15.1 Å². The van der Waals surface area contributed by atoms with Gasteiger partial charge in [0.1, 0.15) is 12.5 Å². The van der Waals surface area contributed by atoms with Crippen LogP contribution < -0.4 is 5.32 Å². The first-order valence-corrected chi connectivity index (χ1v) is 14.4. The molecule has 2 amide bonds. The van der Waals surface area contributed by atoms with Crippen LogP contribution in [0.2, 0.25) is 0 Å². The Morgan fingerprint density at radius 3 is 2.40 bits per heavy atom. The zero-order chi connectivity index (χ0) is 29.1. The van der Waals surface area contributed by atoms with E-state index in [-0.39, 0.29) is 42.7 Å². The van der Waals surface area contributed by atoms with Gasteiger partial charge in [0.25, 0.3) is 0 Å². The standard InChI is InChI=1S/C29H43BN4O6/c1-20-17-33(18-21(2)40-20)28(3,4)15-23(16-31)26(35)34-24-10-12-29(34,13-11-24)19-39-27(36)32-25(30(37)38)14-22-8-6-5-7-9-22/h5-9,20-21,23-25,37-38H,10-15,17-19H2,1-4H3,(H,32,36)/t20-,21-,23?,24?,25-,29?/m0/s1. The fraction of sp³-hybridized carbons (Fsp3) is 0.690. The minimum absolute atomic E-state index is 0.000683. The Morgan fingerprint density at radius 1 is 1.20 bits per heavy atom. The van der Waals surface area contributed by atoms with E-state index in [4.69, 9.17) is 9.47 Å². The van der Waals surface area contributed by atoms with E-state index in [1.54, 1.807) is 0 Å². The number of fused-ring (bicyclic) bond motifs is 2. The van der Waals surface area contributed by atoms with Gasteiger partial charge in [0.2, 0.25) is 5.91 Å². The predicted molar refractivity (Wildman–Crippen MR) is 150 cm³/mol. The van der Waals surface area contributed by atoms with Crippen LogP contribution in [-0.2, 0) is 20.7 Å². The number of carbonyl (C=O) groups is 2. The molecule has 1 aromatic rings. The summed E-state index contributed by atoms with van der Waals surface area (Å²) < 4.78 is 11.5. The lowest BCUT2D eigenvalue weighted by Gasteiger charge is -2.46. The van der Waals surface area contributed by atoms with Gasteiger partial charge in [-0.05, 0) is 71.8 Å². The molecule has 4 rings (SSSR count). The molecule has 0 radical (unpaired) electrons. The number of nitriles is 1. The maximum atomic E-state index is 13.9. The maximum absolute atomic E-state index is 13.9. The lowest BCUT2D eigenvalue weighted by molar-refractivity contribution is -0.141. The third-order valence-electron chi connectivity index (χ3n) is 8.87. The second-order valence-corrected chi connectivity index (χ2v) is 12.5. The van der Waals surface area contributed by atoms with Crippen LogP contribution >= 0.6 is 0 Å². The topological polar surface area (TPSA) is 135 Å². The van der Waals surface area contributed by atoms with Crippen LogP contribution in [0.1, 0.15) is 65.4 Å². The summed E-state index contributed by atoms with van der Waals surface area (Å²) in [5, 5.41) is 32.3. The van der Waals surface area contributed by atoms with E-state index in [2.05, 4.69) is 30.1 Å². The van der Waals surface area contributed by atoms with E-state index in [0.717, 1.165) is 31.5 Å². The summed E-state index contributed by atoms with van der Waals surface area (Å²) in [4.78, 5) is 30.8. The average molecular weight is 554 g/mol. The zero-order valence-corrected chi connectivity index (χ0v) is 24.1. The number of ether oxygens (including phenoxy) is 2. The van der Waals surface area contributed by atoms with Gasteiger partial charge in [-0.1, -0.05) is 30.3 Å². The van der Waals surface area contributed by atoms with Crippen LogP contribution in [0.5, 0.6) is 0 Å². The number of hydrogen-bond acceptors (Lipinski definition) is 8. The molecule has 3 aliphatic heterocycles. The number of nitrogens with zero attached hydrogens (tertiary/aromatic N) is 3. The Balaban J connectivity index is 1.39. The highest BCUT2D eigenvalue weighted by molar-refractivity contribution is 6.43. The van der Waals surface area contributed by atoms with Crippen molar-refractivity contribution in [3.8, 4) is 6.07 Å². The van der Waals surface area contributed by atoms with Crippen molar-refractivity contribution in [1.29, 1.82) is 5.26 Å². The number of hydrogen-bond donors (Lipinski definition) is 3. The number of rotatable bonds is 10. The Hall–Kier alpha value is -2.65. The minimum Gasteiger partial charge on any atom is -0.447 e. The van der Waals surface area contributed by atoms with E-state index in [1.165, 1.54) is 0 Å². The second-order valence-electron chi connectivity index (χ2n) is 12.5. The normalized spacial score (nSPS) is 28.0. The molecule has 1 unspecified atom stereocenters. The quantitative estimate of drug-likeness (QED) is 0.375. The zero-order valence-electron chi connectivity index (χ0n) is 24.1. The summed E-state index contributed by atoms with van der Waals surface area (Å²) in [6.45, 7) is 9.74. The van der Waals surface area contributed by atoms with Crippen LogP contribution in [0.25, 0.3) is 0 Å². The van der Waals surface area contributed by atoms with Crippen LogP contribution in [0, 0.1) is 17.2 Å². The molecule has 0 saturated carbocycles. The van der Waals surface area contributed by atoms with Crippen molar-refractivity contribution in [2.75, 3.05) is 19.7 Å². The summed E-state index contributed by atoms with van der Waals surface area (Å²) in [6.07, 6.45) is 3.05. The number of nitrogens with one attached hydrogen (secondary N) is 1. The van der Waals surface area contributed by atoms with Crippen molar-refractivity contribution in [2.45, 2.75) is 101 Å². The maximum Gasteiger partial charge on any atom is 0.475 e. The molecular weight excluding hydrogens is 511 g/mol. The van der Waals surface area contributed by atoms with E-state index in [1.807, 2.05) is 49.1 Å². The number of alkyl carbamates (subject to hydrolysis) is 1. The molecular formula is C29H43BN4O6. The molecule has 3 N–H and O–H groups in total. The monoisotopic (exact) mass is 554 g/mol. The Bertz CT molecular complexity index is 1060. The lowest BCUT2D eigenvalue weighted by atomic mass is 9.76. The Morgan fingerprint density at radius 2 is 1.82 bits per heavy atom. The van der Waals surface area contributed by atoms with E-state index in [0.29, 0.717) is 19.3 Å². The first-order chi connectivity index (χ1) is 18.9. The molecule has 3 aliphatic rings. The summed E-state index contributed by atoms with van der Waals surface area (Å²) in [5.74, 6) is -1.95. The van der Waals surface area contributed by atoms with Gasteiger partial charge in [-0.15, -0.1) is 0 Å². The number of carbonyl (C=O) groups excluding carboxylic acids is 2. The van der Waals surface area contributed by atoms with Gasteiger partial charge < -0.3 is 29.7 Å². The molecule has 0 aliphatic carbocycles. The molecule has 0 aromatic heterocycles. The highest BCUT2D eigenvalue weighted by atomic mass is 16.6. The predicted octanol–water partition coefficient (Wildman–Crippen LogP) is 2.28. The molecule has 0 spiro atoms. The number of benzene rings is 1. The number of morpholine rings is 1. The van der Waals surface area contributed by atoms with Crippen molar-refractivity contribution in [3.05, 3.63) is 35.9 Å². The van der Waals surface area contributed by atoms with Gasteiger partial charge in [0.05, 0.1) is 29.8 Å². The fourth-order valence-corrected chi connectivity index (χ4v) is 6.80. The highest BCUT2D eigenvalue weighted by Crippen LogP contribution is 2.47. The van der Waals surface area contributed by atoms with Gasteiger partial charge in [0.15, 0.2) is 0 Å². The molecule has 10 nitrogen and oxygen atoms in total. The van der Waals surface area contributed by atoms with Crippen LogP contribution in [0.3, 0.4) is 0 Å². The average Bonchev–Trinajstić information content (AvgIpc) is 3.45. The second kappa shape index (κ2) is 12.5. The first kappa shape index (κ1) is 30.3. The van der Waals surface area contributed by atoms with Gasteiger partial charge >= 0.3 is 13.2 Å². The van der Waals surface area contributed by atoms with Crippen molar-refractivity contribution in [2.24, 2.45) is 5.92 Å². The molecule has 1 aromatic carbocycles. The van der Waals surface area contributed by atoms with E-state index >= 15 is 0 Å². The largest absolute Gasteiger partial charge is 0.475 e. The summed E-state index contributed by atoms with van der Waals surface area (Å²) in [5.41, 5.74) is -0.173. The third kappa shape index (κ3) is 6.80. The lowest BCUT2D eigenvalue weighted by Crippen LogP contribution is -2.57. The smallest absolute Gasteiger partial charge is 0.447 e. The number of amides is 2. The van der Waals surface area contributed by atoms with Crippen LogP contribution in [0.4, 0.5) is 4.79 Å². The van der Waals surface area contributed by atoms with Crippen LogP contribution in [0.15, 0.2) is 30.3 Å². The molecule has 3 fully saturated rings. The van der Waals surface area contributed by atoms with Crippen molar-refractivity contribution in [3.63, 3.8) is 0 Å². The molecule has 40 heavy (non-hydrogen) atoms.